The molecule has 0 radical (unpaired) electrons. The molecule has 128 valence electrons. The molecule has 1 heterocycles. The zero-order valence-corrected chi connectivity index (χ0v) is 12.5. The predicted octanol–water partition coefficient (Wildman–Crippen LogP) is 1.85. The summed E-state index contributed by atoms with van der Waals surface area (Å²) >= 11 is 0. The van der Waals surface area contributed by atoms with Gasteiger partial charge in [0.1, 0.15) is 5.69 Å². The summed E-state index contributed by atoms with van der Waals surface area (Å²) in [7, 11) is -5.66. The third-order valence-corrected chi connectivity index (χ3v) is 5.14. The molecule has 23 heavy (non-hydrogen) atoms. The quantitative estimate of drug-likeness (QED) is 0.654. The van der Waals surface area contributed by atoms with E-state index in [0.717, 1.165) is 6.07 Å². The molecule has 7 nitrogen and oxygen atoms in total. The summed E-state index contributed by atoms with van der Waals surface area (Å²) < 4.78 is 60.5. The molecule has 1 aromatic rings. The van der Waals surface area contributed by atoms with Crippen LogP contribution in [0.5, 0.6) is 0 Å². The van der Waals surface area contributed by atoms with Crippen molar-refractivity contribution in [3.63, 3.8) is 0 Å². The number of nitrogens with zero attached hydrogens (tertiary/aromatic N) is 2. The third kappa shape index (κ3) is 3.11. The maximum atomic E-state index is 12.6. The molecule has 1 fully saturated rings. The van der Waals surface area contributed by atoms with Crippen LogP contribution in [0.3, 0.4) is 0 Å². The summed E-state index contributed by atoms with van der Waals surface area (Å²) in [6, 6.07) is 1.69. The average Bonchev–Trinajstić information content (AvgIpc) is 2.93. The summed E-state index contributed by atoms with van der Waals surface area (Å²) in [5, 5.41) is 20.4. The van der Waals surface area contributed by atoms with Gasteiger partial charge in [-0.1, -0.05) is 0 Å². The molecule has 0 amide bonds. The topological polar surface area (TPSA) is 101 Å². The number of hydrogen-bond donors (Lipinski definition) is 1. The summed E-state index contributed by atoms with van der Waals surface area (Å²) in [4.78, 5) is 10.5. The molecule has 1 saturated heterocycles. The highest BCUT2D eigenvalue weighted by Gasteiger charge is 2.47. The van der Waals surface area contributed by atoms with E-state index < -0.39 is 36.9 Å². The minimum Gasteiger partial charge on any atom is -0.394 e. The van der Waals surface area contributed by atoms with Gasteiger partial charge in [-0.25, -0.2) is 8.42 Å². The third-order valence-electron chi connectivity index (χ3n) is 3.66. The van der Waals surface area contributed by atoms with Crippen LogP contribution in [0.15, 0.2) is 23.1 Å². The van der Waals surface area contributed by atoms with E-state index in [2.05, 4.69) is 0 Å². The summed E-state index contributed by atoms with van der Waals surface area (Å²) in [5.41, 5.74) is -6.28. The number of aliphatic hydroxyl groups excluding tert-OH is 1. The minimum absolute atomic E-state index is 0.00678. The van der Waals surface area contributed by atoms with Crippen molar-refractivity contribution in [2.45, 2.75) is 29.3 Å². The van der Waals surface area contributed by atoms with Crippen LogP contribution in [-0.4, -0.2) is 43.1 Å². The monoisotopic (exact) mass is 354 g/mol. The molecule has 2 rings (SSSR count). The van der Waals surface area contributed by atoms with Crippen LogP contribution in [-0.2, 0) is 9.84 Å². The molecule has 1 aliphatic rings. The number of anilines is 1. The van der Waals surface area contributed by atoms with Gasteiger partial charge in [0.15, 0.2) is 0 Å². The Morgan fingerprint density at radius 3 is 2.57 bits per heavy atom. The van der Waals surface area contributed by atoms with Gasteiger partial charge in [-0.05, 0) is 25.0 Å². The number of nitro groups is 1. The SMILES string of the molecule is O=[N+]([O-])c1cc(S(=O)(=O)C(F)(F)F)ccc1N1CCC[C@@H]1CO. The number of rotatable bonds is 4. The first kappa shape index (κ1) is 17.5. The highest BCUT2D eigenvalue weighted by molar-refractivity contribution is 7.92. The molecule has 0 aromatic heterocycles. The van der Waals surface area contributed by atoms with Gasteiger partial charge >= 0.3 is 5.51 Å². The van der Waals surface area contributed by atoms with E-state index in [4.69, 9.17) is 0 Å². The van der Waals surface area contributed by atoms with E-state index in [-0.39, 0.29) is 12.3 Å². The minimum atomic E-state index is -5.66. The van der Waals surface area contributed by atoms with Crippen molar-refractivity contribution in [2.24, 2.45) is 0 Å². The lowest BCUT2D eigenvalue weighted by Crippen LogP contribution is -2.32. The zero-order chi connectivity index (χ0) is 17.4. The average molecular weight is 354 g/mol. The normalized spacial score (nSPS) is 19.1. The van der Waals surface area contributed by atoms with Crippen LogP contribution in [0.2, 0.25) is 0 Å². The number of aliphatic hydroxyl groups is 1. The maximum Gasteiger partial charge on any atom is 0.501 e. The lowest BCUT2D eigenvalue weighted by molar-refractivity contribution is -0.384. The number of nitro benzene ring substituents is 1. The Kier molecular flexibility index (Phi) is 4.53. The Bertz CT molecular complexity index is 720. The molecule has 0 aliphatic carbocycles. The highest BCUT2D eigenvalue weighted by atomic mass is 32.2. The van der Waals surface area contributed by atoms with E-state index in [1.165, 1.54) is 4.90 Å². The van der Waals surface area contributed by atoms with Gasteiger partial charge in [-0.2, -0.15) is 13.2 Å². The second-order valence-electron chi connectivity index (χ2n) is 5.03. The van der Waals surface area contributed by atoms with Crippen LogP contribution in [0.25, 0.3) is 0 Å². The Hall–Kier alpha value is -1.88. The summed E-state index contributed by atoms with van der Waals surface area (Å²) in [6.07, 6.45) is 1.24. The fourth-order valence-corrected chi connectivity index (χ4v) is 3.32. The summed E-state index contributed by atoms with van der Waals surface area (Å²) in [5.74, 6) is 0. The molecule has 1 N–H and O–H groups in total. The van der Waals surface area contributed by atoms with Crippen LogP contribution in [0.1, 0.15) is 12.8 Å². The smallest absolute Gasteiger partial charge is 0.394 e. The Morgan fingerprint density at radius 2 is 2.04 bits per heavy atom. The number of hydrogen-bond acceptors (Lipinski definition) is 6. The molecular formula is C12H13F3N2O5S. The lowest BCUT2D eigenvalue weighted by Gasteiger charge is -2.25. The van der Waals surface area contributed by atoms with E-state index in [1.54, 1.807) is 0 Å². The second kappa shape index (κ2) is 5.96. The van der Waals surface area contributed by atoms with Crippen molar-refractivity contribution in [1.82, 2.24) is 0 Å². The van der Waals surface area contributed by atoms with E-state index in [1.807, 2.05) is 0 Å². The van der Waals surface area contributed by atoms with Crippen molar-refractivity contribution in [2.75, 3.05) is 18.1 Å². The van der Waals surface area contributed by atoms with Gasteiger partial charge < -0.3 is 10.0 Å². The molecule has 0 unspecified atom stereocenters. The van der Waals surface area contributed by atoms with Crippen molar-refractivity contribution < 1.29 is 31.6 Å². The molecule has 0 bridgehead atoms. The van der Waals surface area contributed by atoms with Gasteiger partial charge in [-0.15, -0.1) is 0 Å². The largest absolute Gasteiger partial charge is 0.501 e. The first-order valence-corrected chi connectivity index (χ1v) is 8.05. The van der Waals surface area contributed by atoms with Crippen molar-refractivity contribution in [3.8, 4) is 0 Å². The van der Waals surface area contributed by atoms with Gasteiger partial charge in [0, 0.05) is 12.6 Å². The number of alkyl halides is 3. The second-order valence-corrected chi connectivity index (χ2v) is 6.97. The van der Waals surface area contributed by atoms with Gasteiger partial charge in [-0.3, -0.25) is 10.1 Å². The molecule has 1 aromatic carbocycles. The van der Waals surface area contributed by atoms with Crippen LogP contribution in [0.4, 0.5) is 24.5 Å². The first-order valence-electron chi connectivity index (χ1n) is 6.57. The van der Waals surface area contributed by atoms with Crippen LogP contribution < -0.4 is 4.90 Å². The molecule has 11 heteroatoms. The predicted molar refractivity (Wildman–Crippen MR) is 73.8 cm³/mol. The molecule has 0 spiro atoms. The number of benzene rings is 1. The van der Waals surface area contributed by atoms with E-state index >= 15 is 0 Å². The van der Waals surface area contributed by atoms with Gasteiger partial charge in [0.05, 0.1) is 22.5 Å². The number of halogens is 3. The highest BCUT2D eigenvalue weighted by Crippen LogP contribution is 2.38. The van der Waals surface area contributed by atoms with Crippen molar-refractivity contribution in [3.05, 3.63) is 28.3 Å². The molecule has 1 atom stereocenters. The van der Waals surface area contributed by atoms with Crippen LogP contribution in [0, 0.1) is 10.1 Å². The Labute approximate surface area is 129 Å². The zero-order valence-electron chi connectivity index (χ0n) is 11.7. The first-order chi connectivity index (χ1) is 10.6. The van der Waals surface area contributed by atoms with Gasteiger partial charge in [0.2, 0.25) is 0 Å². The Morgan fingerprint density at radius 1 is 1.39 bits per heavy atom. The lowest BCUT2D eigenvalue weighted by atomic mass is 10.2. The maximum absolute atomic E-state index is 12.6. The van der Waals surface area contributed by atoms with Gasteiger partial charge in [0.25, 0.3) is 15.5 Å². The van der Waals surface area contributed by atoms with Crippen molar-refractivity contribution >= 4 is 21.2 Å². The van der Waals surface area contributed by atoms with E-state index in [9.17, 15) is 36.8 Å². The fourth-order valence-electron chi connectivity index (χ4n) is 2.54. The number of sulfone groups is 1. The standard InChI is InChI=1S/C12H13F3N2O5S/c13-12(14,15)23(21,22)9-3-4-10(11(6-9)17(19)20)16-5-1-2-8(16)7-18/h3-4,6,8,18H,1-2,5,7H2/t8-/m1/s1. The van der Waals surface area contributed by atoms with E-state index in [0.29, 0.717) is 31.5 Å². The Balaban J connectivity index is 2.55. The van der Waals surface area contributed by atoms with Crippen molar-refractivity contribution in [1.29, 1.82) is 0 Å². The molecular weight excluding hydrogens is 341 g/mol. The summed E-state index contributed by atoms with van der Waals surface area (Å²) in [6.45, 7) is 0.122. The fraction of sp³-hybridized carbons (Fsp3) is 0.500. The molecule has 0 saturated carbocycles. The van der Waals surface area contributed by atoms with Crippen LogP contribution >= 0.6 is 0 Å². The molecule has 1 aliphatic heterocycles.